The Labute approximate surface area is 213 Å². The molecule has 4 nitrogen and oxygen atoms in total. The summed E-state index contributed by atoms with van der Waals surface area (Å²) in [5.74, 6) is 1.26. The van der Waals surface area contributed by atoms with Crippen molar-refractivity contribution in [2.45, 2.75) is 23.2 Å². The lowest BCUT2D eigenvalue weighted by Crippen LogP contribution is -2.43. The van der Waals surface area contributed by atoms with E-state index in [2.05, 4.69) is 34.1 Å². The topological polar surface area (TPSA) is 41.7 Å². The second-order valence-electron chi connectivity index (χ2n) is 7.31. The second kappa shape index (κ2) is 12.2. The number of hydrogen-bond donors (Lipinski definition) is 1. The molecule has 2 aromatic rings. The summed E-state index contributed by atoms with van der Waals surface area (Å²) in [6.45, 7) is 4.68. The quantitative estimate of drug-likeness (QED) is 0.435. The molecule has 0 aliphatic carbocycles. The summed E-state index contributed by atoms with van der Waals surface area (Å²) in [6, 6.07) is 13.9. The lowest BCUT2D eigenvalue weighted by molar-refractivity contribution is 0.156. The fourth-order valence-corrected chi connectivity index (χ4v) is 5.45. The van der Waals surface area contributed by atoms with Crippen LogP contribution >= 0.6 is 68.9 Å². The number of thioether (sulfide) groups is 1. The van der Waals surface area contributed by atoms with E-state index in [9.17, 15) is 0 Å². The summed E-state index contributed by atoms with van der Waals surface area (Å²) in [5, 5.41) is 1.12. The minimum atomic E-state index is 0. The van der Waals surface area contributed by atoms with Crippen LogP contribution in [0, 0.1) is 5.92 Å². The molecular formula is C21H27Br2Cl2N3OS. The number of ether oxygens (including phenoxy) is 1. The van der Waals surface area contributed by atoms with Gasteiger partial charge in [0.2, 0.25) is 0 Å². The Morgan fingerprint density at radius 1 is 1.00 bits per heavy atom. The molecule has 2 aromatic carbocycles. The van der Waals surface area contributed by atoms with Gasteiger partial charge in [0.1, 0.15) is 12.1 Å². The Bertz CT molecular complexity index is 804. The molecule has 0 radical (unpaired) electrons. The van der Waals surface area contributed by atoms with E-state index in [4.69, 9.17) is 33.7 Å². The standard InChI is InChI=1S/C21H25Cl2N3OS.2BrH/c22-16-4-3-5-17(23)20(16)27-13-12-25-10-8-15(9-11-25)14-26-18-6-1-2-7-19(18)28-21(26)24;;/h1-7,15,21H,8-14,24H2;2*1H. The van der Waals surface area contributed by atoms with Crippen molar-refractivity contribution in [3.8, 4) is 5.75 Å². The van der Waals surface area contributed by atoms with Crippen molar-refractivity contribution >= 4 is 74.6 Å². The summed E-state index contributed by atoms with van der Waals surface area (Å²) < 4.78 is 5.82. The minimum Gasteiger partial charge on any atom is -0.489 e. The molecule has 9 heteroatoms. The number of benzene rings is 2. The highest BCUT2D eigenvalue weighted by atomic mass is 79.9. The van der Waals surface area contributed by atoms with Crippen LogP contribution in [-0.4, -0.2) is 43.2 Å². The largest absolute Gasteiger partial charge is 0.489 e. The van der Waals surface area contributed by atoms with Crippen molar-refractivity contribution in [3.05, 3.63) is 52.5 Å². The molecule has 0 spiro atoms. The van der Waals surface area contributed by atoms with E-state index in [1.165, 1.54) is 23.4 Å². The van der Waals surface area contributed by atoms with Crippen LogP contribution in [-0.2, 0) is 0 Å². The van der Waals surface area contributed by atoms with Crippen LogP contribution in [0.25, 0.3) is 0 Å². The third-order valence-corrected chi connectivity index (χ3v) is 7.15. The van der Waals surface area contributed by atoms with Crippen LogP contribution in [0.5, 0.6) is 5.75 Å². The maximum Gasteiger partial charge on any atom is 0.156 e. The third kappa shape index (κ3) is 6.21. The van der Waals surface area contributed by atoms with Gasteiger partial charge in [-0.25, -0.2) is 0 Å². The average Bonchev–Trinajstić information content (AvgIpc) is 3.01. The normalized spacial score (nSPS) is 19.0. The second-order valence-corrected chi connectivity index (χ2v) is 9.29. The fraction of sp³-hybridized carbons (Fsp3) is 0.429. The van der Waals surface area contributed by atoms with Crippen molar-refractivity contribution < 1.29 is 4.74 Å². The first-order valence-corrected chi connectivity index (χ1v) is 11.3. The minimum absolute atomic E-state index is 0. The molecule has 0 saturated carbocycles. The first-order chi connectivity index (χ1) is 13.6. The maximum absolute atomic E-state index is 6.36. The number of piperidine rings is 1. The van der Waals surface area contributed by atoms with E-state index in [0.29, 0.717) is 28.3 Å². The number of anilines is 1. The first-order valence-electron chi connectivity index (χ1n) is 9.69. The molecular weight excluding hydrogens is 573 g/mol. The molecule has 0 amide bonds. The molecule has 1 unspecified atom stereocenters. The van der Waals surface area contributed by atoms with Crippen molar-refractivity contribution in [2.75, 3.05) is 37.7 Å². The summed E-state index contributed by atoms with van der Waals surface area (Å²) in [6.07, 6.45) is 2.37. The highest BCUT2D eigenvalue weighted by molar-refractivity contribution is 8.93. The van der Waals surface area contributed by atoms with Gasteiger partial charge in [-0.15, -0.1) is 34.0 Å². The molecule has 2 aliphatic rings. The number of nitrogens with zero attached hydrogens (tertiary/aromatic N) is 2. The lowest BCUT2D eigenvalue weighted by Gasteiger charge is -2.35. The molecule has 2 aliphatic heterocycles. The SMILES string of the molecule is Br.Br.NC1Sc2ccccc2N1CC1CCN(CCOc2c(Cl)cccc2Cl)CC1. The van der Waals surface area contributed by atoms with E-state index < -0.39 is 0 Å². The van der Waals surface area contributed by atoms with Crippen molar-refractivity contribution in [1.29, 1.82) is 0 Å². The smallest absolute Gasteiger partial charge is 0.156 e. The molecule has 166 valence electrons. The van der Waals surface area contributed by atoms with E-state index in [1.807, 2.05) is 6.07 Å². The third-order valence-electron chi connectivity index (χ3n) is 5.46. The summed E-state index contributed by atoms with van der Waals surface area (Å²) in [4.78, 5) is 6.11. The fourth-order valence-electron chi connectivity index (χ4n) is 3.90. The van der Waals surface area contributed by atoms with E-state index in [-0.39, 0.29) is 39.5 Å². The Morgan fingerprint density at radius 3 is 2.37 bits per heavy atom. The summed E-state index contributed by atoms with van der Waals surface area (Å²) >= 11 is 14.1. The van der Waals surface area contributed by atoms with Crippen LogP contribution in [0.4, 0.5) is 5.69 Å². The van der Waals surface area contributed by atoms with Gasteiger partial charge in [-0.3, -0.25) is 4.90 Å². The van der Waals surface area contributed by atoms with E-state index in [0.717, 1.165) is 26.2 Å². The Balaban J connectivity index is 0.00000160. The number of nitrogens with two attached hydrogens (primary N) is 1. The van der Waals surface area contributed by atoms with Gasteiger partial charge in [0.05, 0.1) is 15.7 Å². The average molecular weight is 600 g/mol. The highest BCUT2D eigenvalue weighted by Gasteiger charge is 2.30. The van der Waals surface area contributed by atoms with Gasteiger partial charge in [-0.1, -0.05) is 53.2 Å². The van der Waals surface area contributed by atoms with Crippen molar-refractivity contribution in [1.82, 2.24) is 4.90 Å². The van der Waals surface area contributed by atoms with Gasteiger partial charge in [0, 0.05) is 18.0 Å². The zero-order valence-electron chi connectivity index (χ0n) is 16.5. The highest BCUT2D eigenvalue weighted by Crippen LogP contribution is 2.42. The van der Waals surface area contributed by atoms with Crippen molar-refractivity contribution in [3.63, 3.8) is 0 Å². The molecule has 0 bridgehead atoms. The predicted molar refractivity (Wildman–Crippen MR) is 139 cm³/mol. The van der Waals surface area contributed by atoms with Crippen LogP contribution in [0.15, 0.2) is 47.4 Å². The van der Waals surface area contributed by atoms with Crippen LogP contribution in [0.1, 0.15) is 12.8 Å². The number of fused-ring (bicyclic) bond motifs is 1. The molecule has 0 aromatic heterocycles. The lowest BCUT2D eigenvalue weighted by atomic mass is 9.96. The van der Waals surface area contributed by atoms with E-state index in [1.54, 1.807) is 23.9 Å². The first kappa shape index (κ1) is 26.1. The zero-order chi connectivity index (χ0) is 19.5. The summed E-state index contributed by atoms with van der Waals surface area (Å²) in [7, 11) is 0. The molecule has 1 saturated heterocycles. The number of para-hydroxylation sites is 2. The summed E-state index contributed by atoms with van der Waals surface area (Å²) in [5.41, 5.74) is 7.68. The van der Waals surface area contributed by atoms with E-state index >= 15 is 0 Å². The van der Waals surface area contributed by atoms with Crippen LogP contribution in [0.2, 0.25) is 10.0 Å². The monoisotopic (exact) mass is 597 g/mol. The molecule has 1 atom stereocenters. The van der Waals surface area contributed by atoms with Gasteiger partial charge in [-0.2, -0.15) is 0 Å². The van der Waals surface area contributed by atoms with Gasteiger partial charge >= 0.3 is 0 Å². The Kier molecular flexibility index (Phi) is 10.6. The number of hydrogen-bond acceptors (Lipinski definition) is 5. The molecule has 2 heterocycles. The molecule has 4 rings (SSSR count). The van der Waals surface area contributed by atoms with Crippen molar-refractivity contribution in [2.24, 2.45) is 11.7 Å². The zero-order valence-corrected chi connectivity index (χ0v) is 22.3. The van der Waals surface area contributed by atoms with Gasteiger partial charge in [0.25, 0.3) is 0 Å². The molecule has 1 fully saturated rings. The number of halogens is 4. The van der Waals surface area contributed by atoms with Crippen LogP contribution in [0.3, 0.4) is 0 Å². The number of rotatable bonds is 6. The van der Waals surface area contributed by atoms with Crippen LogP contribution < -0.4 is 15.4 Å². The predicted octanol–water partition coefficient (Wildman–Crippen LogP) is 6.09. The van der Waals surface area contributed by atoms with Gasteiger partial charge in [-0.05, 0) is 56.1 Å². The molecule has 30 heavy (non-hydrogen) atoms. The Hall–Kier alpha value is -0.150. The van der Waals surface area contributed by atoms with Gasteiger partial charge < -0.3 is 15.4 Å². The Morgan fingerprint density at radius 2 is 1.67 bits per heavy atom. The number of likely N-dealkylation sites (tertiary alicyclic amines) is 1. The maximum atomic E-state index is 6.36. The molecule has 2 N–H and O–H groups in total. The van der Waals surface area contributed by atoms with Gasteiger partial charge in [0.15, 0.2) is 5.75 Å².